The van der Waals surface area contributed by atoms with Gasteiger partial charge in [-0.15, -0.1) is 0 Å². The topological polar surface area (TPSA) is 56.7 Å². The molecule has 1 amide bonds. The summed E-state index contributed by atoms with van der Waals surface area (Å²) in [5.74, 6) is 0.675. The largest absolute Gasteiger partial charge is 0.357 e. The Bertz CT molecular complexity index is 523. The Kier molecular flexibility index (Phi) is 7.43. The van der Waals surface area contributed by atoms with Gasteiger partial charge in [-0.3, -0.25) is 4.79 Å². The van der Waals surface area contributed by atoms with Gasteiger partial charge in [0.05, 0.1) is 0 Å². The predicted octanol–water partition coefficient (Wildman–Crippen LogP) is 1.49. The summed E-state index contributed by atoms with van der Waals surface area (Å²) in [6, 6.07) is 6.51. The number of carbonyl (C=O) groups is 1. The van der Waals surface area contributed by atoms with Crippen LogP contribution in [-0.4, -0.2) is 50.5 Å². The number of nitrogens with one attached hydrogen (secondary N) is 2. The van der Waals surface area contributed by atoms with Crippen molar-refractivity contribution in [3.8, 4) is 0 Å². The van der Waals surface area contributed by atoms with Gasteiger partial charge < -0.3 is 15.5 Å². The molecule has 0 fully saturated rings. The number of benzene rings is 1. The number of amides is 1. The molecule has 0 aliphatic heterocycles. The van der Waals surface area contributed by atoms with Crippen LogP contribution >= 0.6 is 0 Å². The third-order valence-corrected chi connectivity index (χ3v) is 3.40. The van der Waals surface area contributed by atoms with E-state index in [9.17, 15) is 4.79 Å². The van der Waals surface area contributed by atoms with Crippen molar-refractivity contribution >= 4 is 11.9 Å². The molecule has 1 aromatic carbocycles. The van der Waals surface area contributed by atoms with Gasteiger partial charge in [0.2, 0.25) is 5.91 Å². The first-order valence-corrected chi connectivity index (χ1v) is 7.72. The van der Waals surface area contributed by atoms with Crippen molar-refractivity contribution < 1.29 is 4.79 Å². The van der Waals surface area contributed by atoms with Crippen molar-refractivity contribution in [2.45, 2.75) is 27.2 Å². The normalized spacial score (nSPS) is 11.2. The van der Waals surface area contributed by atoms with Crippen LogP contribution in [0.2, 0.25) is 0 Å². The van der Waals surface area contributed by atoms with E-state index in [1.807, 2.05) is 6.92 Å². The first-order chi connectivity index (χ1) is 10.4. The van der Waals surface area contributed by atoms with Gasteiger partial charge in [0.1, 0.15) is 6.54 Å². The third-order valence-electron chi connectivity index (χ3n) is 3.40. The summed E-state index contributed by atoms with van der Waals surface area (Å²) in [5, 5.41) is 6.43. The van der Waals surface area contributed by atoms with Crippen molar-refractivity contribution in [3.05, 3.63) is 34.9 Å². The molecule has 1 rings (SSSR count). The van der Waals surface area contributed by atoms with Gasteiger partial charge in [-0.2, -0.15) is 0 Å². The van der Waals surface area contributed by atoms with Crippen molar-refractivity contribution in [1.29, 1.82) is 0 Å². The molecular weight excluding hydrogens is 276 g/mol. The van der Waals surface area contributed by atoms with Crippen LogP contribution in [0.15, 0.2) is 23.2 Å². The lowest BCUT2D eigenvalue weighted by molar-refractivity contribution is -0.127. The van der Waals surface area contributed by atoms with Gasteiger partial charge in [-0.25, -0.2) is 4.99 Å². The smallest absolute Gasteiger partial charge is 0.243 e. The monoisotopic (exact) mass is 304 g/mol. The minimum absolute atomic E-state index is 0.00779. The van der Waals surface area contributed by atoms with Crippen LogP contribution in [0.25, 0.3) is 0 Å². The van der Waals surface area contributed by atoms with Crippen LogP contribution in [0.3, 0.4) is 0 Å². The van der Waals surface area contributed by atoms with E-state index in [2.05, 4.69) is 47.7 Å². The van der Waals surface area contributed by atoms with E-state index < -0.39 is 0 Å². The van der Waals surface area contributed by atoms with Crippen LogP contribution < -0.4 is 10.6 Å². The van der Waals surface area contributed by atoms with Crippen LogP contribution in [0.1, 0.15) is 23.6 Å². The fourth-order valence-electron chi connectivity index (χ4n) is 2.07. The molecule has 0 saturated heterocycles. The molecule has 0 unspecified atom stereocenters. The summed E-state index contributed by atoms with van der Waals surface area (Å²) in [5.41, 5.74) is 3.93. The Morgan fingerprint density at radius 2 is 1.95 bits per heavy atom. The molecule has 0 atom stereocenters. The van der Waals surface area contributed by atoms with Gasteiger partial charge in [-0.05, 0) is 38.3 Å². The number of likely N-dealkylation sites (N-methyl/N-ethyl adjacent to an activating group) is 1. The van der Waals surface area contributed by atoms with Gasteiger partial charge >= 0.3 is 0 Å². The Labute approximate surface area is 133 Å². The maximum absolute atomic E-state index is 11.6. The number of aliphatic imine (C=N–C) groups is 1. The summed E-state index contributed by atoms with van der Waals surface area (Å²) in [7, 11) is 3.47. The zero-order valence-corrected chi connectivity index (χ0v) is 14.4. The maximum atomic E-state index is 11.6. The van der Waals surface area contributed by atoms with E-state index in [1.165, 1.54) is 16.7 Å². The predicted molar refractivity (Wildman–Crippen MR) is 92.3 cm³/mol. The lowest BCUT2D eigenvalue weighted by Crippen LogP contribution is -2.39. The minimum atomic E-state index is -0.00779. The van der Waals surface area contributed by atoms with Crippen LogP contribution in [0.5, 0.6) is 0 Å². The highest BCUT2D eigenvalue weighted by molar-refractivity contribution is 5.84. The molecule has 1 aromatic rings. The SMILES string of the molecule is CCNC(=NCC(=O)N(C)C)NCCc1ccc(C)cc1C. The van der Waals surface area contributed by atoms with Gasteiger partial charge in [-0.1, -0.05) is 23.8 Å². The molecule has 0 aliphatic carbocycles. The summed E-state index contributed by atoms with van der Waals surface area (Å²) in [6.45, 7) is 7.96. The molecule has 0 heterocycles. The zero-order chi connectivity index (χ0) is 16.5. The molecule has 0 spiro atoms. The number of hydrogen-bond donors (Lipinski definition) is 2. The molecule has 0 aliphatic rings. The second kappa shape index (κ2) is 9.07. The first kappa shape index (κ1) is 18.0. The Hall–Kier alpha value is -2.04. The lowest BCUT2D eigenvalue weighted by atomic mass is 10.0. The third kappa shape index (κ3) is 6.16. The van der Waals surface area contributed by atoms with E-state index in [4.69, 9.17) is 0 Å². The highest BCUT2D eigenvalue weighted by Crippen LogP contribution is 2.10. The van der Waals surface area contributed by atoms with E-state index in [1.54, 1.807) is 19.0 Å². The highest BCUT2D eigenvalue weighted by atomic mass is 16.2. The molecule has 2 N–H and O–H groups in total. The number of guanidine groups is 1. The summed E-state index contributed by atoms with van der Waals surface area (Å²) >= 11 is 0. The Morgan fingerprint density at radius 3 is 2.55 bits per heavy atom. The van der Waals surface area contributed by atoms with Crippen molar-refractivity contribution in [3.63, 3.8) is 0 Å². The summed E-state index contributed by atoms with van der Waals surface area (Å²) in [6.07, 6.45) is 0.929. The van der Waals surface area contributed by atoms with E-state index in [0.717, 1.165) is 19.5 Å². The van der Waals surface area contributed by atoms with E-state index >= 15 is 0 Å². The standard InChI is InChI=1S/C17H28N4O/c1-6-18-17(20-12-16(22)21(4)5)19-10-9-15-8-7-13(2)11-14(15)3/h7-8,11H,6,9-10,12H2,1-5H3,(H2,18,19,20). The number of rotatable bonds is 6. The quantitative estimate of drug-likeness (QED) is 0.618. The van der Waals surface area contributed by atoms with Crippen LogP contribution in [0, 0.1) is 13.8 Å². The average Bonchev–Trinajstić information content (AvgIpc) is 2.46. The molecule has 0 aromatic heterocycles. The molecule has 122 valence electrons. The molecular formula is C17H28N4O. The molecule has 5 nitrogen and oxygen atoms in total. The fraction of sp³-hybridized carbons (Fsp3) is 0.529. The van der Waals surface area contributed by atoms with Crippen molar-refractivity contribution in [2.75, 3.05) is 33.7 Å². The van der Waals surface area contributed by atoms with Crippen molar-refractivity contribution in [1.82, 2.24) is 15.5 Å². The Morgan fingerprint density at radius 1 is 1.23 bits per heavy atom. The maximum Gasteiger partial charge on any atom is 0.243 e. The Balaban J connectivity index is 2.53. The second-order valence-corrected chi connectivity index (χ2v) is 5.59. The minimum Gasteiger partial charge on any atom is -0.357 e. The van der Waals surface area contributed by atoms with E-state index in [-0.39, 0.29) is 12.5 Å². The number of hydrogen-bond acceptors (Lipinski definition) is 2. The first-order valence-electron chi connectivity index (χ1n) is 7.72. The molecule has 0 radical (unpaired) electrons. The number of nitrogens with zero attached hydrogens (tertiary/aromatic N) is 2. The number of aryl methyl sites for hydroxylation is 2. The molecule has 5 heteroatoms. The summed E-state index contributed by atoms with van der Waals surface area (Å²) < 4.78 is 0. The highest BCUT2D eigenvalue weighted by Gasteiger charge is 2.04. The van der Waals surface area contributed by atoms with E-state index in [0.29, 0.717) is 5.96 Å². The second-order valence-electron chi connectivity index (χ2n) is 5.59. The molecule has 0 saturated carbocycles. The van der Waals surface area contributed by atoms with Gasteiger partial charge in [0, 0.05) is 27.2 Å². The fourth-order valence-corrected chi connectivity index (χ4v) is 2.07. The van der Waals surface area contributed by atoms with Gasteiger partial charge in [0.25, 0.3) is 0 Å². The lowest BCUT2D eigenvalue weighted by Gasteiger charge is -2.13. The average molecular weight is 304 g/mol. The van der Waals surface area contributed by atoms with Crippen LogP contribution in [0.4, 0.5) is 0 Å². The summed E-state index contributed by atoms with van der Waals surface area (Å²) in [4.78, 5) is 17.4. The van der Waals surface area contributed by atoms with Gasteiger partial charge in [0.15, 0.2) is 5.96 Å². The molecule has 0 bridgehead atoms. The number of carbonyl (C=O) groups excluding carboxylic acids is 1. The zero-order valence-electron chi connectivity index (χ0n) is 14.4. The van der Waals surface area contributed by atoms with Crippen LogP contribution in [-0.2, 0) is 11.2 Å². The molecule has 22 heavy (non-hydrogen) atoms. The van der Waals surface area contributed by atoms with Crippen molar-refractivity contribution in [2.24, 2.45) is 4.99 Å².